The lowest BCUT2D eigenvalue weighted by molar-refractivity contribution is 0.157. The zero-order chi connectivity index (χ0) is 20.2. The maximum Gasteiger partial charge on any atom is 0.194 e. The van der Waals surface area contributed by atoms with Crippen LogP contribution in [0.1, 0.15) is 32.8 Å². The molecule has 1 N–H and O–H groups in total. The summed E-state index contributed by atoms with van der Waals surface area (Å²) >= 11 is 0. The van der Waals surface area contributed by atoms with E-state index in [4.69, 9.17) is 14.5 Å². The minimum atomic E-state index is 0. The highest BCUT2D eigenvalue weighted by molar-refractivity contribution is 14.0. The van der Waals surface area contributed by atoms with Crippen LogP contribution in [0.25, 0.3) is 0 Å². The number of para-hydroxylation sites is 1. The molecule has 1 atom stereocenters. The third-order valence-corrected chi connectivity index (χ3v) is 5.25. The van der Waals surface area contributed by atoms with E-state index in [1.165, 1.54) is 0 Å². The van der Waals surface area contributed by atoms with Gasteiger partial charge in [0.25, 0.3) is 0 Å². The number of ether oxygens (including phenoxy) is 2. The summed E-state index contributed by atoms with van der Waals surface area (Å²) in [7, 11) is 1.78. The minimum absolute atomic E-state index is 0. The molecular formula is C22H39IN4O2. The van der Waals surface area contributed by atoms with Crippen LogP contribution in [0.15, 0.2) is 29.3 Å². The first-order valence-corrected chi connectivity index (χ1v) is 10.7. The Bertz CT molecular complexity index is 596. The van der Waals surface area contributed by atoms with E-state index in [-0.39, 0.29) is 24.0 Å². The number of likely N-dealkylation sites (tertiary alicyclic amines) is 1. The van der Waals surface area contributed by atoms with E-state index in [0.717, 1.165) is 69.6 Å². The maximum atomic E-state index is 6.08. The van der Waals surface area contributed by atoms with Crippen molar-refractivity contribution in [3.63, 3.8) is 0 Å². The van der Waals surface area contributed by atoms with E-state index < -0.39 is 0 Å². The van der Waals surface area contributed by atoms with Gasteiger partial charge in [-0.25, -0.2) is 4.99 Å². The quantitative estimate of drug-likeness (QED) is 0.276. The van der Waals surface area contributed by atoms with Gasteiger partial charge in [-0.05, 0) is 32.5 Å². The average molecular weight is 518 g/mol. The Labute approximate surface area is 194 Å². The monoisotopic (exact) mass is 518 g/mol. The van der Waals surface area contributed by atoms with Crippen molar-refractivity contribution in [2.24, 2.45) is 10.9 Å². The Morgan fingerprint density at radius 3 is 2.69 bits per heavy atom. The molecule has 29 heavy (non-hydrogen) atoms. The van der Waals surface area contributed by atoms with Gasteiger partial charge in [0.05, 0.1) is 13.2 Å². The zero-order valence-electron chi connectivity index (χ0n) is 18.5. The SMILES string of the molecule is CCNC(=NCc1ccccc1OCCN(CC)CC)N1CCC(COC)C1.I. The molecule has 1 aromatic carbocycles. The first kappa shape index (κ1) is 26.0. The number of benzene rings is 1. The second kappa shape index (κ2) is 14.8. The summed E-state index contributed by atoms with van der Waals surface area (Å²) in [4.78, 5) is 9.61. The number of guanidine groups is 1. The van der Waals surface area contributed by atoms with Gasteiger partial charge in [-0.1, -0.05) is 32.0 Å². The summed E-state index contributed by atoms with van der Waals surface area (Å²) in [5.74, 6) is 2.51. The number of aliphatic imine (C=N–C) groups is 1. The van der Waals surface area contributed by atoms with E-state index in [2.05, 4.69) is 48.0 Å². The zero-order valence-corrected chi connectivity index (χ0v) is 20.9. The summed E-state index contributed by atoms with van der Waals surface area (Å²) in [6, 6.07) is 8.24. The average Bonchev–Trinajstić information content (AvgIpc) is 3.18. The van der Waals surface area contributed by atoms with Gasteiger partial charge in [0.15, 0.2) is 5.96 Å². The molecule has 1 saturated heterocycles. The number of nitrogens with zero attached hydrogens (tertiary/aromatic N) is 3. The van der Waals surface area contributed by atoms with Gasteiger partial charge in [-0.2, -0.15) is 0 Å². The molecule has 166 valence electrons. The van der Waals surface area contributed by atoms with Crippen molar-refractivity contribution < 1.29 is 9.47 Å². The highest BCUT2D eigenvalue weighted by atomic mass is 127. The molecule has 7 heteroatoms. The first-order chi connectivity index (χ1) is 13.7. The summed E-state index contributed by atoms with van der Waals surface area (Å²) < 4.78 is 11.4. The first-order valence-electron chi connectivity index (χ1n) is 10.7. The van der Waals surface area contributed by atoms with Crippen molar-refractivity contribution in [3.8, 4) is 5.75 Å². The number of halogens is 1. The third-order valence-electron chi connectivity index (χ3n) is 5.25. The Hall–Kier alpha value is -1.06. The maximum absolute atomic E-state index is 6.08. The second-order valence-electron chi connectivity index (χ2n) is 7.21. The van der Waals surface area contributed by atoms with Crippen LogP contribution in [0.3, 0.4) is 0 Å². The van der Waals surface area contributed by atoms with Gasteiger partial charge in [-0.15, -0.1) is 24.0 Å². The van der Waals surface area contributed by atoms with Crippen LogP contribution in [0.5, 0.6) is 5.75 Å². The molecular weight excluding hydrogens is 479 g/mol. The molecule has 0 radical (unpaired) electrons. The molecule has 1 heterocycles. The van der Waals surface area contributed by atoms with Crippen molar-refractivity contribution in [3.05, 3.63) is 29.8 Å². The highest BCUT2D eigenvalue weighted by Gasteiger charge is 2.24. The molecule has 0 spiro atoms. The Kier molecular flexibility index (Phi) is 13.3. The number of nitrogens with one attached hydrogen (secondary N) is 1. The predicted octanol–water partition coefficient (Wildman–Crippen LogP) is 3.46. The fraction of sp³-hybridized carbons (Fsp3) is 0.682. The molecule has 1 fully saturated rings. The van der Waals surface area contributed by atoms with Gasteiger partial charge in [0.1, 0.15) is 12.4 Å². The Morgan fingerprint density at radius 2 is 2.00 bits per heavy atom. The van der Waals surface area contributed by atoms with Crippen molar-refractivity contribution in [1.82, 2.24) is 15.1 Å². The van der Waals surface area contributed by atoms with Gasteiger partial charge in [0, 0.05) is 44.8 Å². The Morgan fingerprint density at radius 1 is 1.24 bits per heavy atom. The van der Waals surface area contributed by atoms with Crippen LogP contribution < -0.4 is 10.1 Å². The summed E-state index contributed by atoms with van der Waals surface area (Å²) in [6.45, 7) is 14.6. The fourth-order valence-electron chi connectivity index (χ4n) is 3.58. The standard InChI is InChI=1S/C22H38N4O2.HI/c1-5-23-22(26-13-12-19(17-26)18-27-4)24-16-20-10-8-9-11-21(20)28-15-14-25(6-2)7-3;/h8-11,19H,5-7,12-18H2,1-4H3,(H,23,24);1H. The van der Waals surface area contributed by atoms with Gasteiger partial charge >= 0.3 is 0 Å². The lowest BCUT2D eigenvalue weighted by Crippen LogP contribution is -2.40. The summed E-state index contributed by atoms with van der Waals surface area (Å²) in [5.41, 5.74) is 1.13. The smallest absolute Gasteiger partial charge is 0.194 e. The molecule has 0 amide bonds. The largest absolute Gasteiger partial charge is 0.492 e. The van der Waals surface area contributed by atoms with Gasteiger partial charge < -0.3 is 24.6 Å². The van der Waals surface area contributed by atoms with Crippen molar-refractivity contribution in [2.45, 2.75) is 33.7 Å². The fourth-order valence-corrected chi connectivity index (χ4v) is 3.58. The minimum Gasteiger partial charge on any atom is -0.492 e. The molecule has 1 aromatic rings. The topological polar surface area (TPSA) is 49.3 Å². The highest BCUT2D eigenvalue weighted by Crippen LogP contribution is 2.20. The van der Waals surface area contributed by atoms with E-state index in [0.29, 0.717) is 19.1 Å². The summed E-state index contributed by atoms with van der Waals surface area (Å²) in [6.07, 6.45) is 1.16. The molecule has 0 saturated carbocycles. The third kappa shape index (κ3) is 8.68. The van der Waals surface area contributed by atoms with Gasteiger partial charge in [-0.3, -0.25) is 0 Å². The molecule has 0 aliphatic carbocycles. The molecule has 1 aliphatic heterocycles. The number of rotatable bonds is 11. The van der Waals surface area contributed by atoms with E-state index in [1.54, 1.807) is 7.11 Å². The van der Waals surface area contributed by atoms with Crippen LogP contribution in [0.2, 0.25) is 0 Å². The van der Waals surface area contributed by atoms with Crippen molar-refractivity contribution in [1.29, 1.82) is 0 Å². The lowest BCUT2D eigenvalue weighted by atomic mass is 10.1. The van der Waals surface area contributed by atoms with E-state index in [9.17, 15) is 0 Å². The number of hydrogen-bond donors (Lipinski definition) is 1. The number of methoxy groups -OCH3 is 1. The van der Waals surface area contributed by atoms with E-state index in [1.807, 2.05) is 12.1 Å². The van der Waals surface area contributed by atoms with Crippen molar-refractivity contribution in [2.75, 3.05) is 59.6 Å². The summed E-state index contributed by atoms with van der Waals surface area (Å²) in [5, 5.41) is 3.44. The lowest BCUT2D eigenvalue weighted by Gasteiger charge is -2.22. The van der Waals surface area contributed by atoms with Crippen LogP contribution in [-0.2, 0) is 11.3 Å². The molecule has 0 bridgehead atoms. The molecule has 1 aliphatic rings. The van der Waals surface area contributed by atoms with Crippen LogP contribution in [-0.4, -0.2) is 75.4 Å². The van der Waals surface area contributed by atoms with Gasteiger partial charge in [0.2, 0.25) is 0 Å². The molecule has 0 aromatic heterocycles. The van der Waals surface area contributed by atoms with Crippen LogP contribution in [0, 0.1) is 5.92 Å². The van der Waals surface area contributed by atoms with Crippen LogP contribution in [0.4, 0.5) is 0 Å². The number of likely N-dealkylation sites (N-methyl/N-ethyl adjacent to an activating group) is 1. The molecule has 6 nitrogen and oxygen atoms in total. The number of hydrogen-bond acceptors (Lipinski definition) is 4. The normalized spacial score (nSPS) is 16.8. The molecule has 1 unspecified atom stereocenters. The molecule has 2 rings (SSSR count). The van der Waals surface area contributed by atoms with Crippen molar-refractivity contribution >= 4 is 29.9 Å². The predicted molar refractivity (Wildman–Crippen MR) is 132 cm³/mol. The second-order valence-corrected chi connectivity index (χ2v) is 7.21. The van der Waals surface area contributed by atoms with Crippen LogP contribution >= 0.6 is 24.0 Å². The Balaban J connectivity index is 0.00000420. The van der Waals surface area contributed by atoms with E-state index >= 15 is 0 Å².